The van der Waals surface area contributed by atoms with E-state index in [2.05, 4.69) is 183 Å². The van der Waals surface area contributed by atoms with Gasteiger partial charge in [-0.1, -0.05) is 187 Å². The summed E-state index contributed by atoms with van der Waals surface area (Å²) in [6, 6.07) is 54.4. The van der Waals surface area contributed by atoms with Crippen molar-refractivity contribution in [3.8, 4) is 44.5 Å². The van der Waals surface area contributed by atoms with Gasteiger partial charge in [0.25, 0.3) is 0 Å². The molecule has 0 bridgehead atoms. The molecule has 63 heavy (non-hydrogen) atoms. The average molecular weight is 845 g/mol. The predicted octanol–water partition coefficient (Wildman–Crippen LogP) is 16.6. The molecule has 0 aliphatic rings. The SMILES string of the molecule is CCCCN(CCCC)c1ccc(-c2ccc(-c3c4ccccc4c(-c4ccc(-c5ccc(N(CCCC)CCCC)c6ccccc56)cc4)c4nsnc34)cc2)c2ccccc12. The monoisotopic (exact) mass is 844 g/mol. The number of hydrogen-bond donors (Lipinski definition) is 0. The van der Waals surface area contributed by atoms with Crippen LogP contribution in [-0.4, -0.2) is 34.9 Å². The summed E-state index contributed by atoms with van der Waals surface area (Å²) in [5.74, 6) is 0. The van der Waals surface area contributed by atoms with E-state index in [9.17, 15) is 0 Å². The highest BCUT2D eigenvalue weighted by molar-refractivity contribution is 7.00. The molecule has 8 aromatic carbocycles. The molecule has 0 amide bonds. The van der Waals surface area contributed by atoms with Crippen LogP contribution in [0.2, 0.25) is 0 Å². The van der Waals surface area contributed by atoms with Gasteiger partial charge in [0.15, 0.2) is 0 Å². The van der Waals surface area contributed by atoms with Crippen LogP contribution in [-0.2, 0) is 0 Å². The van der Waals surface area contributed by atoms with E-state index in [0.29, 0.717) is 0 Å². The lowest BCUT2D eigenvalue weighted by Gasteiger charge is -2.27. The number of fused-ring (bicyclic) bond motifs is 4. The Hall–Kier alpha value is -6.04. The smallest absolute Gasteiger partial charge is 0.113 e. The second-order valence-electron chi connectivity index (χ2n) is 17.2. The van der Waals surface area contributed by atoms with E-state index in [-0.39, 0.29) is 0 Å². The highest BCUT2D eigenvalue weighted by Crippen LogP contribution is 2.45. The summed E-state index contributed by atoms with van der Waals surface area (Å²) < 4.78 is 10.0. The Labute approximate surface area is 378 Å². The summed E-state index contributed by atoms with van der Waals surface area (Å²) in [6.45, 7) is 13.5. The second kappa shape index (κ2) is 19.6. The Morgan fingerprint density at radius 1 is 0.349 bits per heavy atom. The van der Waals surface area contributed by atoms with Gasteiger partial charge in [-0.25, -0.2) is 0 Å². The molecule has 1 heterocycles. The number of hydrogen-bond acceptors (Lipinski definition) is 5. The van der Waals surface area contributed by atoms with Gasteiger partial charge in [0, 0.05) is 59.5 Å². The lowest BCUT2D eigenvalue weighted by Crippen LogP contribution is -2.25. The molecule has 1 aromatic heterocycles. The summed E-state index contributed by atoms with van der Waals surface area (Å²) in [5, 5.41) is 7.64. The van der Waals surface area contributed by atoms with Crippen LogP contribution in [0.5, 0.6) is 0 Å². The first kappa shape index (κ1) is 42.3. The molecular weight excluding hydrogens is 785 g/mol. The van der Waals surface area contributed by atoms with E-state index in [0.717, 1.165) is 59.5 Å². The van der Waals surface area contributed by atoms with E-state index in [4.69, 9.17) is 8.75 Å². The van der Waals surface area contributed by atoms with Gasteiger partial charge in [0.05, 0.1) is 11.7 Å². The molecule has 0 radical (unpaired) electrons. The largest absolute Gasteiger partial charge is 0.371 e. The molecule has 9 rings (SSSR count). The van der Waals surface area contributed by atoms with Gasteiger partial charge >= 0.3 is 0 Å². The zero-order valence-corrected chi connectivity index (χ0v) is 38.4. The fourth-order valence-corrected chi connectivity index (χ4v) is 10.2. The lowest BCUT2D eigenvalue weighted by atomic mass is 9.88. The predicted molar refractivity (Wildman–Crippen MR) is 276 cm³/mol. The van der Waals surface area contributed by atoms with Gasteiger partial charge in [0.1, 0.15) is 11.0 Å². The van der Waals surface area contributed by atoms with Gasteiger partial charge in [-0.15, -0.1) is 0 Å². The Kier molecular flexibility index (Phi) is 13.1. The average Bonchev–Trinajstić information content (AvgIpc) is 3.82. The Balaban J connectivity index is 1.07. The highest BCUT2D eigenvalue weighted by atomic mass is 32.1. The number of benzene rings is 8. The van der Waals surface area contributed by atoms with Crippen molar-refractivity contribution in [2.24, 2.45) is 0 Å². The van der Waals surface area contributed by atoms with Crippen LogP contribution in [0, 0.1) is 0 Å². The van der Waals surface area contributed by atoms with E-state index in [1.54, 1.807) is 0 Å². The number of unbranched alkanes of at least 4 members (excludes halogenated alkanes) is 4. The van der Waals surface area contributed by atoms with E-state index in [1.807, 2.05) is 0 Å². The quantitative estimate of drug-likeness (QED) is 0.0861. The van der Waals surface area contributed by atoms with Crippen molar-refractivity contribution in [3.63, 3.8) is 0 Å². The van der Waals surface area contributed by atoms with Crippen molar-refractivity contribution in [2.45, 2.75) is 79.1 Å². The van der Waals surface area contributed by atoms with Crippen molar-refractivity contribution in [3.05, 3.63) is 146 Å². The zero-order chi connectivity index (χ0) is 43.1. The molecule has 0 saturated heterocycles. The van der Waals surface area contributed by atoms with Crippen LogP contribution in [0.1, 0.15) is 79.1 Å². The molecule has 9 aromatic rings. The second-order valence-corrected chi connectivity index (χ2v) is 17.7. The summed E-state index contributed by atoms with van der Waals surface area (Å²) in [7, 11) is 0. The van der Waals surface area contributed by atoms with Gasteiger partial charge < -0.3 is 9.80 Å². The van der Waals surface area contributed by atoms with Crippen molar-refractivity contribution in [2.75, 3.05) is 36.0 Å². The maximum Gasteiger partial charge on any atom is 0.113 e. The summed E-state index contributed by atoms with van der Waals surface area (Å²) >= 11 is 1.30. The van der Waals surface area contributed by atoms with Crippen molar-refractivity contribution in [1.29, 1.82) is 0 Å². The first-order chi connectivity index (χ1) is 31.1. The van der Waals surface area contributed by atoms with Crippen LogP contribution < -0.4 is 9.80 Å². The van der Waals surface area contributed by atoms with Gasteiger partial charge in [-0.05, 0) is 92.7 Å². The molecule has 0 N–H and O–H groups in total. The summed E-state index contributed by atoms with van der Waals surface area (Å²) in [4.78, 5) is 5.21. The topological polar surface area (TPSA) is 32.3 Å². The van der Waals surface area contributed by atoms with Crippen molar-refractivity contribution in [1.82, 2.24) is 8.75 Å². The number of nitrogens with zero attached hydrogens (tertiary/aromatic N) is 4. The van der Waals surface area contributed by atoms with E-state index < -0.39 is 0 Å². The molecular formula is C58H60N4S. The van der Waals surface area contributed by atoms with E-state index >= 15 is 0 Å². The number of rotatable bonds is 18. The number of aromatic nitrogens is 2. The highest BCUT2D eigenvalue weighted by Gasteiger charge is 2.21. The van der Waals surface area contributed by atoms with Crippen LogP contribution in [0.4, 0.5) is 11.4 Å². The standard InChI is InChI=1S/C58H60N4S/c1-5-9-37-61(38-10-6-2)53-35-33-45(47-19-13-15-21-49(47)53)41-25-29-43(30-26-41)55-51-23-17-18-24-52(51)56(58-57(55)59-63-60-58)44-31-27-42(28-32-44)46-34-36-54(50-22-16-14-20-48(46)50)62(39-11-7-3)40-12-8-4/h13-36H,5-12,37-40H2,1-4H3. The minimum absolute atomic E-state index is 0.955. The molecule has 318 valence electrons. The molecule has 0 saturated carbocycles. The Morgan fingerprint density at radius 3 is 1.02 bits per heavy atom. The fraction of sp³-hybridized carbons (Fsp3) is 0.276. The minimum Gasteiger partial charge on any atom is -0.371 e. The third kappa shape index (κ3) is 8.44. The van der Waals surface area contributed by atoms with E-state index in [1.165, 1.54) is 129 Å². The molecule has 0 aliphatic carbocycles. The lowest BCUT2D eigenvalue weighted by molar-refractivity contribution is 0.679. The normalized spacial score (nSPS) is 11.6. The molecule has 0 aliphatic heterocycles. The van der Waals surface area contributed by atoms with Crippen LogP contribution in [0.15, 0.2) is 146 Å². The molecule has 0 fully saturated rings. The van der Waals surface area contributed by atoms with Crippen LogP contribution in [0.25, 0.3) is 87.9 Å². The first-order valence-corrected chi connectivity index (χ1v) is 24.3. The van der Waals surface area contributed by atoms with Gasteiger partial charge in [-0.3, -0.25) is 0 Å². The maximum atomic E-state index is 5.00. The minimum atomic E-state index is 0.955. The van der Waals surface area contributed by atoms with Crippen LogP contribution >= 0.6 is 11.7 Å². The Morgan fingerprint density at radius 2 is 0.667 bits per heavy atom. The molecule has 0 spiro atoms. The zero-order valence-electron chi connectivity index (χ0n) is 37.5. The third-order valence-corrected chi connectivity index (χ3v) is 13.5. The van der Waals surface area contributed by atoms with Crippen molar-refractivity contribution >= 4 is 66.5 Å². The first-order valence-electron chi connectivity index (χ1n) is 23.5. The summed E-state index contributed by atoms with van der Waals surface area (Å²) in [6.07, 6.45) is 9.61. The molecule has 4 nitrogen and oxygen atoms in total. The third-order valence-electron chi connectivity index (χ3n) is 13.0. The Bertz CT molecular complexity index is 2750. The molecule has 0 atom stereocenters. The summed E-state index contributed by atoms with van der Waals surface area (Å²) in [5.41, 5.74) is 14.2. The molecule has 0 unspecified atom stereocenters. The fourth-order valence-electron chi connectivity index (χ4n) is 9.63. The van der Waals surface area contributed by atoms with Crippen LogP contribution in [0.3, 0.4) is 0 Å². The van der Waals surface area contributed by atoms with Gasteiger partial charge in [0.2, 0.25) is 0 Å². The van der Waals surface area contributed by atoms with Gasteiger partial charge in [-0.2, -0.15) is 8.75 Å². The number of anilines is 2. The molecule has 5 heteroatoms. The van der Waals surface area contributed by atoms with Crippen molar-refractivity contribution < 1.29 is 0 Å². The maximum absolute atomic E-state index is 5.00.